The summed E-state index contributed by atoms with van der Waals surface area (Å²) in [5.74, 6) is 0.937. The fraction of sp³-hybridized carbons (Fsp3) is 1.00. The van der Waals surface area contributed by atoms with Crippen molar-refractivity contribution in [2.75, 3.05) is 19.6 Å². The molecule has 82 valence electrons. The van der Waals surface area contributed by atoms with Crippen molar-refractivity contribution in [2.45, 2.75) is 51.0 Å². The summed E-state index contributed by atoms with van der Waals surface area (Å²) in [6.07, 6.45) is 9.86. The molecular formula is C12H24N2. The molecule has 0 bridgehead atoms. The van der Waals surface area contributed by atoms with Gasteiger partial charge in [-0.25, -0.2) is 0 Å². The van der Waals surface area contributed by atoms with Crippen LogP contribution in [0, 0.1) is 5.92 Å². The van der Waals surface area contributed by atoms with E-state index in [1.165, 1.54) is 58.0 Å². The molecule has 2 aliphatic rings. The van der Waals surface area contributed by atoms with Crippen LogP contribution in [0.2, 0.25) is 0 Å². The third-order valence-corrected chi connectivity index (χ3v) is 4.00. The van der Waals surface area contributed by atoms with E-state index in [1.807, 2.05) is 0 Å². The van der Waals surface area contributed by atoms with Gasteiger partial charge in [-0.2, -0.15) is 0 Å². The van der Waals surface area contributed by atoms with Gasteiger partial charge in [0.1, 0.15) is 0 Å². The van der Waals surface area contributed by atoms with Gasteiger partial charge < -0.3 is 10.6 Å². The Kier molecular flexibility index (Phi) is 3.82. The molecule has 1 saturated carbocycles. The Bertz CT molecular complexity index is 164. The average Bonchev–Trinajstić information content (AvgIpc) is 2.68. The monoisotopic (exact) mass is 196 g/mol. The molecule has 2 fully saturated rings. The Labute approximate surface area is 87.8 Å². The van der Waals surface area contributed by atoms with Crippen molar-refractivity contribution in [3.05, 3.63) is 0 Å². The van der Waals surface area contributed by atoms with Crippen LogP contribution < -0.4 is 5.73 Å². The van der Waals surface area contributed by atoms with E-state index in [-0.39, 0.29) is 0 Å². The molecule has 2 rings (SSSR count). The number of nitrogens with zero attached hydrogens (tertiary/aromatic N) is 1. The number of nitrogens with two attached hydrogens (primary N) is 1. The minimum Gasteiger partial charge on any atom is -0.330 e. The molecule has 2 unspecified atom stereocenters. The quantitative estimate of drug-likeness (QED) is 0.748. The van der Waals surface area contributed by atoms with E-state index in [9.17, 15) is 0 Å². The maximum atomic E-state index is 5.62. The number of likely N-dealkylation sites (tertiary alicyclic amines) is 1. The molecule has 2 atom stereocenters. The van der Waals surface area contributed by atoms with Crippen LogP contribution in [0.25, 0.3) is 0 Å². The lowest BCUT2D eigenvalue weighted by molar-refractivity contribution is 0.162. The molecule has 0 aromatic heterocycles. The summed E-state index contributed by atoms with van der Waals surface area (Å²) in [5, 5.41) is 0. The van der Waals surface area contributed by atoms with Crippen LogP contribution in [0.1, 0.15) is 44.9 Å². The van der Waals surface area contributed by atoms with Crippen molar-refractivity contribution in [3.63, 3.8) is 0 Å². The van der Waals surface area contributed by atoms with Crippen LogP contribution in [-0.4, -0.2) is 30.6 Å². The Hall–Kier alpha value is -0.0800. The summed E-state index contributed by atoms with van der Waals surface area (Å²) in [7, 11) is 0. The first kappa shape index (κ1) is 10.4. The molecule has 0 amide bonds. The highest BCUT2D eigenvalue weighted by molar-refractivity contribution is 4.84. The first-order valence-corrected chi connectivity index (χ1v) is 6.34. The lowest BCUT2D eigenvalue weighted by Gasteiger charge is -2.32. The normalized spacial score (nSPS) is 34.9. The Morgan fingerprint density at radius 2 is 1.86 bits per heavy atom. The van der Waals surface area contributed by atoms with Crippen molar-refractivity contribution in [1.82, 2.24) is 4.90 Å². The molecule has 14 heavy (non-hydrogen) atoms. The predicted octanol–water partition coefficient (Wildman–Crippen LogP) is 1.99. The number of hydrogen-bond donors (Lipinski definition) is 1. The van der Waals surface area contributed by atoms with E-state index in [0.717, 1.165) is 18.5 Å². The minimum atomic E-state index is 0.886. The summed E-state index contributed by atoms with van der Waals surface area (Å²) in [5.41, 5.74) is 5.62. The second-order valence-electron chi connectivity index (χ2n) is 5.01. The lowest BCUT2D eigenvalue weighted by Crippen LogP contribution is -2.37. The van der Waals surface area contributed by atoms with Crippen LogP contribution in [0.5, 0.6) is 0 Å². The molecule has 2 N–H and O–H groups in total. The smallest absolute Gasteiger partial charge is 0.00980 e. The fourth-order valence-electron chi connectivity index (χ4n) is 3.16. The third kappa shape index (κ3) is 2.48. The molecular weight excluding hydrogens is 172 g/mol. The molecule has 0 aromatic rings. The van der Waals surface area contributed by atoms with Gasteiger partial charge in [-0.1, -0.05) is 6.42 Å². The zero-order valence-electron chi connectivity index (χ0n) is 9.25. The molecule has 2 heteroatoms. The molecule has 1 heterocycles. The first-order valence-electron chi connectivity index (χ1n) is 6.34. The summed E-state index contributed by atoms with van der Waals surface area (Å²) in [6.45, 7) is 3.61. The molecule has 2 nitrogen and oxygen atoms in total. The maximum Gasteiger partial charge on any atom is 0.00980 e. The van der Waals surface area contributed by atoms with Gasteiger partial charge in [-0.15, -0.1) is 0 Å². The van der Waals surface area contributed by atoms with Gasteiger partial charge >= 0.3 is 0 Å². The van der Waals surface area contributed by atoms with Crippen molar-refractivity contribution in [1.29, 1.82) is 0 Å². The standard InChI is InChI=1S/C12H24N2/c13-7-6-11-4-5-12(10-11)14-8-2-1-3-9-14/h11-12H,1-10,13H2. The van der Waals surface area contributed by atoms with Crippen LogP contribution in [0.3, 0.4) is 0 Å². The number of rotatable bonds is 3. The molecule has 1 aliphatic carbocycles. The highest BCUT2D eigenvalue weighted by Gasteiger charge is 2.29. The predicted molar refractivity (Wildman–Crippen MR) is 60.2 cm³/mol. The largest absolute Gasteiger partial charge is 0.330 e. The van der Waals surface area contributed by atoms with Crippen LogP contribution >= 0.6 is 0 Å². The van der Waals surface area contributed by atoms with Gasteiger partial charge in [0.25, 0.3) is 0 Å². The summed E-state index contributed by atoms with van der Waals surface area (Å²) in [6, 6.07) is 0.909. The summed E-state index contributed by atoms with van der Waals surface area (Å²) >= 11 is 0. The lowest BCUT2D eigenvalue weighted by atomic mass is 10.0. The SMILES string of the molecule is NCCC1CCC(N2CCCCC2)C1. The molecule has 1 saturated heterocycles. The van der Waals surface area contributed by atoms with Gasteiger partial charge in [-0.05, 0) is 64.1 Å². The van der Waals surface area contributed by atoms with Crippen molar-refractivity contribution in [3.8, 4) is 0 Å². The Morgan fingerprint density at radius 1 is 1.07 bits per heavy atom. The van der Waals surface area contributed by atoms with Gasteiger partial charge in [0.15, 0.2) is 0 Å². The second kappa shape index (κ2) is 5.13. The van der Waals surface area contributed by atoms with Gasteiger partial charge in [-0.3, -0.25) is 0 Å². The number of piperidine rings is 1. The minimum absolute atomic E-state index is 0.886. The van der Waals surface area contributed by atoms with Crippen LogP contribution in [-0.2, 0) is 0 Å². The van der Waals surface area contributed by atoms with E-state index >= 15 is 0 Å². The van der Waals surface area contributed by atoms with Crippen molar-refractivity contribution >= 4 is 0 Å². The molecule has 0 spiro atoms. The summed E-state index contributed by atoms with van der Waals surface area (Å²) < 4.78 is 0. The van der Waals surface area contributed by atoms with E-state index in [4.69, 9.17) is 5.73 Å². The zero-order valence-corrected chi connectivity index (χ0v) is 9.25. The zero-order chi connectivity index (χ0) is 9.80. The fourth-order valence-corrected chi connectivity index (χ4v) is 3.16. The Morgan fingerprint density at radius 3 is 2.57 bits per heavy atom. The third-order valence-electron chi connectivity index (χ3n) is 4.00. The van der Waals surface area contributed by atoms with Gasteiger partial charge in [0.05, 0.1) is 0 Å². The topological polar surface area (TPSA) is 29.3 Å². The van der Waals surface area contributed by atoms with E-state index in [2.05, 4.69) is 4.90 Å². The van der Waals surface area contributed by atoms with E-state index in [1.54, 1.807) is 0 Å². The summed E-state index contributed by atoms with van der Waals surface area (Å²) in [4.78, 5) is 2.74. The van der Waals surface area contributed by atoms with Gasteiger partial charge in [0.2, 0.25) is 0 Å². The highest BCUT2D eigenvalue weighted by atomic mass is 15.2. The van der Waals surface area contributed by atoms with E-state index in [0.29, 0.717) is 0 Å². The van der Waals surface area contributed by atoms with Crippen molar-refractivity contribution < 1.29 is 0 Å². The van der Waals surface area contributed by atoms with E-state index < -0.39 is 0 Å². The van der Waals surface area contributed by atoms with Crippen LogP contribution in [0.4, 0.5) is 0 Å². The first-order chi connectivity index (χ1) is 6.90. The van der Waals surface area contributed by atoms with Crippen LogP contribution in [0.15, 0.2) is 0 Å². The molecule has 0 radical (unpaired) electrons. The van der Waals surface area contributed by atoms with Gasteiger partial charge in [0, 0.05) is 6.04 Å². The maximum absolute atomic E-state index is 5.62. The molecule has 1 aliphatic heterocycles. The highest BCUT2D eigenvalue weighted by Crippen LogP contribution is 2.32. The average molecular weight is 196 g/mol. The number of hydrogen-bond acceptors (Lipinski definition) is 2. The second-order valence-corrected chi connectivity index (χ2v) is 5.01. The molecule has 0 aromatic carbocycles. The van der Waals surface area contributed by atoms with Crippen molar-refractivity contribution in [2.24, 2.45) is 11.7 Å². The Balaban J connectivity index is 1.76.